The molecule has 0 saturated carbocycles. The summed E-state index contributed by atoms with van der Waals surface area (Å²) in [5.74, 6) is -0.777. The molecule has 0 aliphatic heterocycles. The zero-order valence-corrected chi connectivity index (χ0v) is 10.3. The van der Waals surface area contributed by atoms with Gasteiger partial charge in [0.2, 0.25) is 0 Å². The number of anilines is 1. The van der Waals surface area contributed by atoms with Crippen LogP contribution in [0.25, 0.3) is 0 Å². The molecule has 0 aliphatic rings. The van der Waals surface area contributed by atoms with E-state index < -0.39 is 16.4 Å². The van der Waals surface area contributed by atoms with Gasteiger partial charge in [0, 0.05) is 17.8 Å². The first-order valence-electron chi connectivity index (χ1n) is 5.11. The van der Waals surface area contributed by atoms with Crippen LogP contribution in [0, 0.1) is 10.1 Å². The molecule has 0 atom stereocenters. The van der Waals surface area contributed by atoms with E-state index in [0.29, 0.717) is 5.69 Å². The summed E-state index contributed by atoms with van der Waals surface area (Å²) in [6.45, 7) is 2.92. The van der Waals surface area contributed by atoms with Crippen LogP contribution in [0.5, 0.6) is 5.75 Å². The van der Waals surface area contributed by atoms with Gasteiger partial charge in [0.05, 0.1) is 18.1 Å². The molecule has 1 rings (SSSR count). The summed E-state index contributed by atoms with van der Waals surface area (Å²) in [7, 11) is 1.38. The lowest BCUT2D eigenvalue weighted by Crippen LogP contribution is -2.39. The van der Waals surface area contributed by atoms with E-state index >= 15 is 0 Å². The van der Waals surface area contributed by atoms with Crippen molar-refractivity contribution < 1.29 is 19.6 Å². The molecule has 98 valence electrons. The molecule has 1 aromatic carbocycles. The lowest BCUT2D eigenvalue weighted by molar-refractivity contribution is -0.384. The minimum Gasteiger partial charge on any atom is -0.496 e. The van der Waals surface area contributed by atoms with Crippen LogP contribution in [-0.2, 0) is 4.79 Å². The standard InChI is InChI=1S/C11H14N2O5/c1-11(2,10(14)15)12-7-4-8(13(16)17)6-9(5-7)18-3/h4-6,12H,1-3H3,(H,14,15). The van der Waals surface area contributed by atoms with Crippen molar-refractivity contribution in [2.45, 2.75) is 19.4 Å². The topological polar surface area (TPSA) is 102 Å². The molecule has 2 N–H and O–H groups in total. The zero-order valence-electron chi connectivity index (χ0n) is 10.3. The molecule has 0 radical (unpaired) electrons. The molecular formula is C11H14N2O5. The molecule has 0 aromatic heterocycles. The number of carbonyl (C=O) groups is 1. The van der Waals surface area contributed by atoms with Crippen LogP contribution in [0.15, 0.2) is 18.2 Å². The van der Waals surface area contributed by atoms with E-state index in [9.17, 15) is 14.9 Å². The number of benzene rings is 1. The highest BCUT2D eigenvalue weighted by atomic mass is 16.6. The summed E-state index contributed by atoms with van der Waals surface area (Å²) < 4.78 is 4.93. The number of hydrogen-bond acceptors (Lipinski definition) is 5. The number of methoxy groups -OCH3 is 1. The van der Waals surface area contributed by atoms with Gasteiger partial charge in [-0.2, -0.15) is 0 Å². The Labute approximate surface area is 104 Å². The van der Waals surface area contributed by atoms with Gasteiger partial charge in [-0.1, -0.05) is 0 Å². The molecule has 0 unspecified atom stereocenters. The van der Waals surface area contributed by atoms with E-state index in [0.717, 1.165) is 0 Å². The van der Waals surface area contributed by atoms with Gasteiger partial charge in [0.25, 0.3) is 5.69 Å². The Morgan fingerprint density at radius 2 is 2.06 bits per heavy atom. The first-order valence-corrected chi connectivity index (χ1v) is 5.11. The Bertz CT molecular complexity index is 484. The maximum absolute atomic E-state index is 11.0. The first-order chi connectivity index (χ1) is 8.26. The van der Waals surface area contributed by atoms with Gasteiger partial charge in [-0.3, -0.25) is 10.1 Å². The third kappa shape index (κ3) is 3.09. The number of hydrogen-bond donors (Lipinski definition) is 2. The van der Waals surface area contributed by atoms with Crippen molar-refractivity contribution in [3.63, 3.8) is 0 Å². The second-order valence-electron chi connectivity index (χ2n) is 4.23. The fourth-order valence-corrected chi connectivity index (χ4v) is 1.29. The minimum atomic E-state index is -1.24. The summed E-state index contributed by atoms with van der Waals surface area (Å²) in [6.07, 6.45) is 0. The molecule has 7 nitrogen and oxygen atoms in total. The minimum absolute atomic E-state index is 0.168. The van der Waals surface area contributed by atoms with E-state index in [1.165, 1.54) is 39.2 Å². The molecule has 18 heavy (non-hydrogen) atoms. The van der Waals surface area contributed by atoms with Crippen LogP contribution in [0.4, 0.5) is 11.4 Å². The average molecular weight is 254 g/mol. The highest BCUT2D eigenvalue weighted by Gasteiger charge is 2.27. The summed E-state index contributed by atoms with van der Waals surface area (Å²) in [6, 6.07) is 4.02. The van der Waals surface area contributed by atoms with Gasteiger partial charge in [0.1, 0.15) is 11.3 Å². The van der Waals surface area contributed by atoms with Gasteiger partial charge in [-0.25, -0.2) is 4.79 Å². The first kappa shape index (κ1) is 13.8. The van der Waals surface area contributed by atoms with Crippen LogP contribution >= 0.6 is 0 Å². The van der Waals surface area contributed by atoms with Gasteiger partial charge in [-0.15, -0.1) is 0 Å². The molecule has 0 spiro atoms. The van der Waals surface area contributed by atoms with Crippen molar-refractivity contribution in [3.05, 3.63) is 28.3 Å². The Kier molecular flexibility index (Phi) is 3.75. The maximum atomic E-state index is 11.0. The number of ether oxygens (including phenoxy) is 1. The predicted molar refractivity (Wildman–Crippen MR) is 65.0 cm³/mol. The third-order valence-electron chi connectivity index (χ3n) is 2.33. The fourth-order valence-electron chi connectivity index (χ4n) is 1.29. The highest BCUT2D eigenvalue weighted by Crippen LogP contribution is 2.27. The molecule has 0 aliphatic carbocycles. The van der Waals surface area contributed by atoms with E-state index in [4.69, 9.17) is 9.84 Å². The lowest BCUT2D eigenvalue weighted by atomic mass is 10.1. The SMILES string of the molecule is COc1cc(NC(C)(C)C(=O)O)cc([N+](=O)[O-])c1. The predicted octanol–water partition coefficient (Wildman–Crippen LogP) is 1.88. The molecular weight excluding hydrogens is 240 g/mol. The number of non-ortho nitro benzene ring substituents is 1. The van der Waals surface area contributed by atoms with Crippen LogP contribution in [0.3, 0.4) is 0 Å². The molecule has 0 bridgehead atoms. The Balaban J connectivity index is 3.13. The number of nitro benzene ring substituents is 1. The van der Waals surface area contributed by atoms with E-state index in [1.54, 1.807) is 0 Å². The van der Waals surface area contributed by atoms with Crippen LogP contribution < -0.4 is 10.1 Å². The molecule has 0 heterocycles. The molecule has 0 fully saturated rings. The average Bonchev–Trinajstić information content (AvgIpc) is 2.27. The highest BCUT2D eigenvalue weighted by molar-refractivity contribution is 5.82. The van der Waals surface area contributed by atoms with Crippen LogP contribution in [0.2, 0.25) is 0 Å². The third-order valence-corrected chi connectivity index (χ3v) is 2.33. The molecule has 0 saturated heterocycles. The smallest absolute Gasteiger partial charge is 0.328 e. The Hall–Kier alpha value is -2.31. The van der Waals surface area contributed by atoms with Gasteiger partial charge < -0.3 is 15.2 Å². The number of nitro groups is 1. The van der Waals surface area contributed by atoms with Gasteiger partial charge in [-0.05, 0) is 13.8 Å². The van der Waals surface area contributed by atoms with Crippen molar-refractivity contribution in [1.29, 1.82) is 0 Å². The lowest BCUT2D eigenvalue weighted by Gasteiger charge is -2.22. The van der Waals surface area contributed by atoms with E-state index in [1.807, 2.05) is 0 Å². The summed E-state index contributed by atoms with van der Waals surface area (Å²) in [5.41, 5.74) is -1.09. The van der Waals surface area contributed by atoms with Gasteiger partial charge in [0.15, 0.2) is 0 Å². The van der Waals surface area contributed by atoms with E-state index in [2.05, 4.69) is 5.32 Å². The van der Waals surface area contributed by atoms with Crippen molar-refractivity contribution >= 4 is 17.3 Å². The van der Waals surface area contributed by atoms with Crippen molar-refractivity contribution in [2.75, 3.05) is 12.4 Å². The Morgan fingerprint density at radius 3 is 2.50 bits per heavy atom. The van der Waals surface area contributed by atoms with Crippen molar-refractivity contribution in [3.8, 4) is 5.75 Å². The molecule has 7 heteroatoms. The summed E-state index contributed by atoms with van der Waals surface area (Å²) in [4.78, 5) is 21.1. The molecule has 0 amide bonds. The van der Waals surface area contributed by atoms with Crippen molar-refractivity contribution in [2.24, 2.45) is 0 Å². The molecule has 1 aromatic rings. The number of carboxylic acid groups (broad SMARTS) is 1. The second kappa shape index (κ2) is 4.91. The van der Waals surface area contributed by atoms with E-state index in [-0.39, 0.29) is 11.4 Å². The number of nitrogens with zero attached hydrogens (tertiary/aromatic N) is 1. The summed E-state index contributed by atoms with van der Waals surface area (Å²) in [5, 5.41) is 22.4. The normalized spacial score (nSPS) is 10.8. The number of carboxylic acids is 1. The number of rotatable bonds is 5. The van der Waals surface area contributed by atoms with Crippen LogP contribution in [0.1, 0.15) is 13.8 Å². The van der Waals surface area contributed by atoms with Crippen LogP contribution in [-0.4, -0.2) is 28.6 Å². The zero-order chi connectivity index (χ0) is 13.9. The monoisotopic (exact) mass is 254 g/mol. The van der Waals surface area contributed by atoms with Gasteiger partial charge >= 0.3 is 5.97 Å². The number of aliphatic carboxylic acids is 1. The largest absolute Gasteiger partial charge is 0.496 e. The second-order valence-corrected chi connectivity index (χ2v) is 4.23. The van der Waals surface area contributed by atoms with Crippen molar-refractivity contribution in [1.82, 2.24) is 0 Å². The maximum Gasteiger partial charge on any atom is 0.328 e. The summed E-state index contributed by atoms with van der Waals surface area (Å²) >= 11 is 0. The number of nitrogens with one attached hydrogen (secondary N) is 1. The fraction of sp³-hybridized carbons (Fsp3) is 0.364. The quantitative estimate of drug-likeness (QED) is 0.614. The Morgan fingerprint density at radius 1 is 1.44 bits per heavy atom.